The summed E-state index contributed by atoms with van der Waals surface area (Å²) in [6, 6.07) is 5.60. The van der Waals surface area contributed by atoms with E-state index in [1.165, 1.54) is 30.6 Å². The third-order valence-electron chi connectivity index (χ3n) is 3.59. The van der Waals surface area contributed by atoms with E-state index in [9.17, 15) is 17.6 Å². The molecule has 1 unspecified atom stereocenters. The number of hydrogen-bond acceptors (Lipinski definition) is 6. The van der Waals surface area contributed by atoms with Crippen LogP contribution in [0.3, 0.4) is 0 Å². The van der Waals surface area contributed by atoms with Crippen LogP contribution in [0.2, 0.25) is 0 Å². The number of carbonyl (C=O) groups is 1. The lowest BCUT2D eigenvalue weighted by molar-refractivity contribution is 0.102. The molecule has 126 valence electrons. The first-order valence-electron chi connectivity index (χ1n) is 7.28. The zero-order valence-electron chi connectivity index (χ0n) is 12.6. The Hall–Kier alpha value is -2.55. The molecule has 0 aliphatic carbocycles. The second-order valence-corrected chi connectivity index (χ2v) is 7.69. The third kappa shape index (κ3) is 3.85. The molecule has 3 rings (SSSR count). The lowest BCUT2D eigenvalue weighted by Gasteiger charge is -2.11. The van der Waals surface area contributed by atoms with Crippen molar-refractivity contribution < 1.29 is 17.6 Å². The molecule has 1 saturated heterocycles. The highest BCUT2D eigenvalue weighted by Crippen LogP contribution is 2.16. The highest BCUT2D eigenvalue weighted by Gasteiger charge is 2.28. The third-order valence-corrected chi connectivity index (χ3v) is 5.36. The highest BCUT2D eigenvalue weighted by atomic mass is 32.2. The van der Waals surface area contributed by atoms with Gasteiger partial charge in [0.15, 0.2) is 9.84 Å². The summed E-state index contributed by atoms with van der Waals surface area (Å²) in [5, 5.41) is 5.39. The van der Waals surface area contributed by atoms with Crippen LogP contribution in [0.5, 0.6) is 0 Å². The molecule has 1 aliphatic heterocycles. The van der Waals surface area contributed by atoms with Crippen molar-refractivity contribution in [3.8, 4) is 0 Å². The lowest BCUT2D eigenvalue weighted by Crippen LogP contribution is -2.22. The summed E-state index contributed by atoms with van der Waals surface area (Å²) in [6.45, 7) is 0. The number of nitrogens with one attached hydrogen (secondary N) is 2. The van der Waals surface area contributed by atoms with Gasteiger partial charge in [-0.2, -0.15) is 0 Å². The first-order valence-corrected chi connectivity index (χ1v) is 9.10. The molecular formula is C15H15FN4O3S. The number of anilines is 2. The van der Waals surface area contributed by atoms with Gasteiger partial charge in [0.1, 0.15) is 17.3 Å². The van der Waals surface area contributed by atoms with Crippen LogP contribution in [0.1, 0.15) is 16.9 Å². The molecule has 2 heterocycles. The molecule has 0 spiro atoms. The summed E-state index contributed by atoms with van der Waals surface area (Å²) >= 11 is 0. The molecule has 1 aliphatic rings. The van der Waals surface area contributed by atoms with E-state index in [2.05, 4.69) is 20.6 Å². The van der Waals surface area contributed by atoms with Gasteiger partial charge in [0.2, 0.25) is 0 Å². The number of hydrogen-bond donors (Lipinski definition) is 2. The number of rotatable bonds is 4. The van der Waals surface area contributed by atoms with Crippen LogP contribution in [0.4, 0.5) is 15.9 Å². The number of para-hydroxylation sites is 1. The second-order valence-electron chi connectivity index (χ2n) is 5.47. The van der Waals surface area contributed by atoms with E-state index in [0.29, 0.717) is 12.2 Å². The van der Waals surface area contributed by atoms with Gasteiger partial charge < -0.3 is 10.6 Å². The predicted octanol–water partition coefficient (Wildman–Crippen LogP) is 1.47. The molecule has 1 fully saturated rings. The van der Waals surface area contributed by atoms with Crippen LogP contribution in [0.15, 0.2) is 36.7 Å². The molecule has 7 nitrogen and oxygen atoms in total. The number of nitrogens with zero attached hydrogens (tertiary/aromatic N) is 2. The highest BCUT2D eigenvalue weighted by molar-refractivity contribution is 7.91. The van der Waals surface area contributed by atoms with Crippen LogP contribution < -0.4 is 10.6 Å². The Morgan fingerprint density at radius 2 is 2.00 bits per heavy atom. The summed E-state index contributed by atoms with van der Waals surface area (Å²) in [5.74, 6) is -0.521. The molecule has 0 saturated carbocycles. The van der Waals surface area contributed by atoms with E-state index < -0.39 is 21.6 Å². The number of aromatic nitrogens is 2. The maximum absolute atomic E-state index is 13.5. The number of halogens is 1. The Morgan fingerprint density at radius 3 is 2.62 bits per heavy atom. The van der Waals surface area contributed by atoms with E-state index >= 15 is 0 Å². The van der Waals surface area contributed by atoms with Crippen LogP contribution in [-0.2, 0) is 9.84 Å². The largest absolute Gasteiger partial charge is 0.365 e. The van der Waals surface area contributed by atoms with Crippen LogP contribution in [-0.4, -0.2) is 41.8 Å². The fraction of sp³-hybridized carbons (Fsp3) is 0.267. The first-order chi connectivity index (χ1) is 11.4. The summed E-state index contributed by atoms with van der Waals surface area (Å²) in [5.41, 5.74) is 0.0884. The molecular weight excluding hydrogens is 335 g/mol. The van der Waals surface area contributed by atoms with Gasteiger partial charge in [-0.25, -0.2) is 22.8 Å². The Balaban J connectivity index is 1.64. The molecule has 2 aromatic rings. The van der Waals surface area contributed by atoms with Crippen molar-refractivity contribution in [3.63, 3.8) is 0 Å². The van der Waals surface area contributed by atoms with Gasteiger partial charge in [0, 0.05) is 6.04 Å². The molecule has 2 N–H and O–H groups in total. The van der Waals surface area contributed by atoms with Crippen LogP contribution in [0.25, 0.3) is 0 Å². The fourth-order valence-electron chi connectivity index (χ4n) is 2.39. The van der Waals surface area contributed by atoms with Crippen molar-refractivity contribution >= 4 is 27.2 Å². The number of amides is 1. The Morgan fingerprint density at radius 1 is 1.21 bits per heavy atom. The summed E-state index contributed by atoms with van der Waals surface area (Å²) in [7, 11) is -2.99. The van der Waals surface area contributed by atoms with Crippen molar-refractivity contribution in [2.75, 3.05) is 22.1 Å². The Bertz CT molecular complexity index is 855. The van der Waals surface area contributed by atoms with Gasteiger partial charge >= 0.3 is 0 Å². The summed E-state index contributed by atoms with van der Waals surface area (Å²) in [6.07, 6.45) is 3.11. The quantitative estimate of drug-likeness (QED) is 0.866. The van der Waals surface area contributed by atoms with Crippen LogP contribution >= 0.6 is 0 Å². The predicted molar refractivity (Wildman–Crippen MR) is 87.1 cm³/mol. The molecule has 1 amide bonds. The smallest absolute Gasteiger partial charge is 0.275 e. The monoisotopic (exact) mass is 350 g/mol. The minimum atomic E-state index is -2.99. The van der Waals surface area contributed by atoms with Crippen LogP contribution in [0, 0.1) is 5.82 Å². The number of carbonyl (C=O) groups excluding carboxylic acids is 1. The molecule has 0 bridgehead atoms. The maximum atomic E-state index is 13.5. The topological polar surface area (TPSA) is 101 Å². The van der Waals surface area contributed by atoms with Gasteiger partial charge in [-0.3, -0.25) is 4.79 Å². The SMILES string of the molecule is O=C(Nc1ccccc1F)c1cnc(NC2CCS(=O)(=O)C2)cn1. The van der Waals surface area contributed by atoms with E-state index in [0.717, 1.165) is 0 Å². The second kappa shape index (κ2) is 6.52. The fourth-order valence-corrected chi connectivity index (χ4v) is 4.06. The van der Waals surface area contributed by atoms with E-state index in [1.807, 2.05) is 0 Å². The Kier molecular flexibility index (Phi) is 4.43. The first kappa shape index (κ1) is 16.3. The molecule has 1 aromatic carbocycles. The normalized spacial score (nSPS) is 19.0. The standard InChI is InChI=1S/C15H15FN4O3S/c16-11-3-1-2-4-12(11)20-15(21)13-7-18-14(8-17-13)19-10-5-6-24(22,23)9-10/h1-4,7-8,10H,5-6,9H2,(H,18,19)(H,20,21). The van der Waals surface area contributed by atoms with E-state index in [1.54, 1.807) is 6.07 Å². The van der Waals surface area contributed by atoms with Gasteiger partial charge in [0.25, 0.3) is 5.91 Å². The Labute approximate surface area is 138 Å². The molecule has 0 radical (unpaired) electrons. The summed E-state index contributed by atoms with van der Waals surface area (Å²) in [4.78, 5) is 20.1. The zero-order chi connectivity index (χ0) is 17.2. The van der Waals surface area contributed by atoms with E-state index in [4.69, 9.17) is 0 Å². The minimum absolute atomic E-state index is 0.0304. The van der Waals surface area contributed by atoms with Gasteiger partial charge in [-0.15, -0.1) is 0 Å². The maximum Gasteiger partial charge on any atom is 0.275 e. The van der Waals surface area contributed by atoms with Crippen molar-refractivity contribution in [2.45, 2.75) is 12.5 Å². The lowest BCUT2D eigenvalue weighted by atomic mass is 10.2. The van der Waals surface area contributed by atoms with Crippen molar-refractivity contribution in [3.05, 3.63) is 48.2 Å². The van der Waals surface area contributed by atoms with Gasteiger partial charge in [-0.05, 0) is 18.6 Å². The molecule has 24 heavy (non-hydrogen) atoms. The number of sulfone groups is 1. The van der Waals surface area contributed by atoms with E-state index in [-0.39, 0.29) is 28.9 Å². The molecule has 9 heteroatoms. The summed E-state index contributed by atoms with van der Waals surface area (Å²) < 4.78 is 36.3. The molecule has 1 atom stereocenters. The molecule has 1 aromatic heterocycles. The average Bonchev–Trinajstić information content (AvgIpc) is 2.89. The van der Waals surface area contributed by atoms with Gasteiger partial charge in [-0.1, -0.05) is 12.1 Å². The zero-order valence-corrected chi connectivity index (χ0v) is 13.4. The number of benzene rings is 1. The van der Waals surface area contributed by atoms with Crippen molar-refractivity contribution in [1.29, 1.82) is 0 Å². The van der Waals surface area contributed by atoms with Crippen molar-refractivity contribution in [2.24, 2.45) is 0 Å². The van der Waals surface area contributed by atoms with Crippen molar-refractivity contribution in [1.82, 2.24) is 9.97 Å². The average molecular weight is 350 g/mol. The minimum Gasteiger partial charge on any atom is -0.365 e. The van der Waals surface area contributed by atoms with Gasteiger partial charge in [0.05, 0.1) is 29.6 Å².